The molecule has 0 aliphatic heterocycles. The number of aliphatic carboxylic acids is 1. The van der Waals surface area contributed by atoms with Gasteiger partial charge in [0.25, 0.3) is 0 Å². The molecule has 0 radical (unpaired) electrons. The van der Waals surface area contributed by atoms with Crippen molar-refractivity contribution in [2.24, 2.45) is 0 Å². The molecule has 11 heteroatoms. The molecule has 0 aromatic heterocycles. The van der Waals surface area contributed by atoms with E-state index in [-0.39, 0.29) is 0 Å². The van der Waals surface area contributed by atoms with Crippen LogP contribution in [-0.4, -0.2) is 31.6 Å². The third-order valence-corrected chi connectivity index (χ3v) is 1.90. The summed E-state index contributed by atoms with van der Waals surface area (Å²) in [4.78, 5) is 36.6. The van der Waals surface area contributed by atoms with Crippen LogP contribution in [0, 0.1) is 30.3 Å². The zero-order valence-corrected chi connectivity index (χ0v) is 8.43. The van der Waals surface area contributed by atoms with E-state index < -0.39 is 38.5 Å². The van der Waals surface area contributed by atoms with Crippen LogP contribution in [0.3, 0.4) is 0 Å². The lowest BCUT2D eigenvalue weighted by molar-refractivity contribution is -0.968. The maximum absolute atomic E-state index is 10.4. The number of rotatable bonds is 6. The number of hydrogen-bond donors (Lipinski definition) is 1. The number of carbonyl (C=O) groups is 1. The van der Waals surface area contributed by atoms with Crippen LogP contribution >= 0.6 is 0 Å². The van der Waals surface area contributed by atoms with E-state index in [4.69, 9.17) is 5.11 Å². The Bertz CT molecular complexity index is 377. The summed E-state index contributed by atoms with van der Waals surface area (Å²) in [5, 5.41) is 39.7. The van der Waals surface area contributed by atoms with Gasteiger partial charge < -0.3 is 5.11 Å². The van der Waals surface area contributed by atoms with Gasteiger partial charge in [0, 0.05) is 5.57 Å². The lowest BCUT2D eigenvalue weighted by Crippen LogP contribution is -2.52. The summed E-state index contributed by atoms with van der Waals surface area (Å²) < 4.78 is 0. The van der Waals surface area contributed by atoms with Gasteiger partial charge in [-0.05, 0) is 6.92 Å². The SMILES string of the molecule is C/C(=C\CC([N+](=O)[O-])([N+](=O)[O-])[N+](=O)[O-])C(=O)O. The summed E-state index contributed by atoms with van der Waals surface area (Å²) in [6.07, 6.45) is -0.686. The Morgan fingerprint density at radius 2 is 1.53 bits per heavy atom. The number of nitro groups is 3. The molecule has 1 N–H and O–H groups in total. The number of hydrogen-bond acceptors (Lipinski definition) is 7. The predicted molar refractivity (Wildman–Crippen MR) is 49.7 cm³/mol. The molecule has 0 aliphatic carbocycles. The maximum Gasteiger partial charge on any atom is 0.703 e. The van der Waals surface area contributed by atoms with E-state index in [0.29, 0.717) is 6.08 Å². The highest BCUT2D eigenvalue weighted by atomic mass is 16.7. The Kier molecular flexibility index (Phi) is 4.20. The van der Waals surface area contributed by atoms with Gasteiger partial charge in [-0.1, -0.05) is 6.08 Å². The summed E-state index contributed by atoms with van der Waals surface area (Å²) in [7, 11) is 0. The van der Waals surface area contributed by atoms with E-state index in [1.165, 1.54) is 0 Å². The molecule has 0 aromatic carbocycles. The fraction of sp³-hybridized carbons (Fsp3) is 0.500. The van der Waals surface area contributed by atoms with Crippen molar-refractivity contribution in [2.75, 3.05) is 0 Å². The first kappa shape index (κ1) is 14.4. The fourth-order valence-electron chi connectivity index (χ4n) is 0.801. The second-order valence-electron chi connectivity index (χ2n) is 2.94. The van der Waals surface area contributed by atoms with E-state index in [9.17, 15) is 35.1 Å². The molecule has 0 unspecified atom stereocenters. The number of nitrogens with zero attached hydrogens (tertiary/aromatic N) is 3. The van der Waals surface area contributed by atoms with Crippen molar-refractivity contribution in [1.29, 1.82) is 0 Å². The van der Waals surface area contributed by atoms with E-state index in [0.717, 1.165) is 6.92 Å². The lowest BCUT2D eigenvalue weighted by atomic mass is 10.2. The van der Waals surface area contributed by atoms with Crippen LogP contribution in [0.2, 0.25) is 0 Å². The molecule has 17 heavy (non-hydrogen) atoms. The summed E-state index contributed by atoms with van der Waals surface area (Å²) >= 11 is 0. The third kappa shape index (κ3) is 2.70. The molecule has 0 rings (SSSR count). The minimum absolute atomic E-state index is 0.458. The average molecular weight is 249 g/mol. The highest BCUT2D eigenvalue weighted by Gasteiger charge is 2.69. The summed E-state index contributed by atoms with van der Waals surface area (Å²) in [6, 6.07) is 0. The molecule has 94 valence electrons. The minimum Gasteiger partial charge on any atom is -0.478 e. The summed E-state index contributed by atoms with van der Waals surface area (Å²) in [6.45, 7) is 1.01. The molecule has 0 fully saturated rings. The van der Waals surface area contributed by atoms with Crippen LogP contribution in [0.5, 0.6) is 0 Å². The lowest BCUT2D eigenvalue weighted by Gasteiger charge is -2.06. The number of carboxylic acids is 1. The molecule has 0 atom stereocenters. The molecule has 0 heterocycles. The molecule has 0 aromatic rings. The van der Waals surface area contributed by atoms with Crippen molar-refractivity contribution < 1.29 is 24.7 Å². The third-order valence-electron chi connectivity index (χ3n) is 1.90. The van der Waals surface area contributed by atoms with Crippen molar-refractivity contribution in [2.45, 2.75) is 19.1 Å². The second-order valence-corrected chi connectivity index (χ2v) is 2.94. The van der Waals surface area contributed by atoms with Gasteiger partial charge in [0.15, 0.2) is 21.2 Å². The Balaban J connectivity index is 5.44. The van der Waals surface area contributed by atoms with Gasteiger partial charge in [0.2, 0.25) is 0 Å². The molecule has 0 aliphatic rings. The first-order valence-electron chi connectivity index (χ1n) is 3.99. The minimum atomic E-state index is -3.66. The zero-order valence-electron chi connectivity index (χ0n) is 8.43. The average Bonchev–Trinajstić information content (AvgIpc) is 2.16. The summed E-state index contributed by atoms with van der Waals surface area (Å²) in [5.41, 5.74) is -0.458. The fourth-order valence-corrected chi connectivity index (χ4v) is 0.801. The van der Waals surface area contributed by atoms with Crippen LogP contribution in [-0.2, 0) is 4.79 Å². The van der Waals surface area contributed by atoms with Crippen LogP contribution in [0.15, 0.2) is 11.6 Å². The van der Waals surface area contributed by atoms with Crippen LogP contribution in [0.25, 0.3) is 0 Å². The quantitative estimate of drug-likeness (QED) is 0.294. The molecule has 0 spiro atoms. The van der Waals surface area contributed by atoms with Gasteiger partial charge in [0.1, 0.15) is 0 Å². The van der Waals surface area contributed by atoms with Crippen LogP contribution in [0.1, 0.15) is 13.3 Å². The molecule has 11 nitrogen and oxygen atoms in total. The first-order chi connectivity index (χ1) is 7.66. The van der Waals surface area contributed by atoms with Crippen molar-refractivity contribution in [3.8, 4) is 0 Å². The van der Waals surface area contributed by atoms with E-state index in [1.807, 2.05) is 0 Å². The van der Waals surface area contributed by atoms with E-state index >= 15 is 0 Å². The highest BCUT2D eigenvalue weighted by molar-refractivity contribution is 5.85. The van der Waals surface area contributed by atoms with E-state index in [1.54, 1.807) is 0 Å². The molecule has 0 amide bonds. The first-order valence-corrected chi connectivity index (χ1v) is 3.99. The highest BCUT2D eigenvalue weighted by Crippen LogP contribution is 2.18. The zero-order chi connectivity index (χ0) is 13.8. The van der Waals surface area contributed by atoms with Gasteiger partial charge in [-0.3, -0.25) is 30.3 Å². The van der Waals surface area contributed by atoms with Crippen molar-refractivity contribution in [1.82, 2.24) is 0 Å². The molecular formula is C6H7N3O8. The smallest absolute Gasteiger partial charge is 0.478 e. The van der Waals surface area contributed by atoms with E-state index in [2.05, 4.69) is 0 Å². The Labute approximate surface area is 92.8 Å². The molecule has 0 saturated carbocycles. The van der Waals surface area contributed by atoms with Gasteiger partial charge in [-0.2, -0.15) is 0 Å². The number of carboxylic acid groups (broad SMARTS) is 1. The van der Waals surface area contributed by atoms with Gasteiger partial charge in [-0.15, -0.1) is 0 Å². The second kappa shape index (κ2) is 4.96. The monoisotopic (exact) mass is 249 g/mol. The Morgan fingerprint density at radius 3 is 1.76 bits per heavy atom. The predicted octanol–water partition coefficient (Wildman–Crippen LogP) is -0.109. The van der Waals surface area contributed by atoms with Crippen molar-refractivity contribution >= 4 is 5.97 Å². The van der Waals surface area contributed by atoms with Gasteiger partial charge >= 0.3 is 11.8 Å². The maximum atomic E-state index is 10.4. The normalized spacial score (nSPS) is 11.9. The molecule has 0 saturated heterocycles. The standard InChI is InChI=1S/C6H7N3O8/c1-4(5(10)11)2-3-6(7(12)13,8(14)15)9(16)17/h2H,3H2,1H3,(H,10,11)/b4-2+. The van der Waals surface area contributed by atoms with Crippen LogP contribution in [0.4, 0.5) is 0 Å². The summed E-state index contributed by atoms with van der Waals surface area (Å²) in [5.74, 6) is -5.13. The van der Waals surface area contributed by atoms with Crippen molar-refractivity contribution in [3.63, 3.8) is 0 Å². The Hall–Kier alpha value is -2.59. The van der Waals surface area contributed by atoms with Crippen molar-refractivity contribution in [3.05, 3.63) is 42.0 Å². The van der Waals surface area contributed by atoms with Crippen LogP contribution < -0.4 is 0 Å². The topological polar surface area (TPSA) is 167 Å². The largest absolute Gasteiger partial charge is 0.703 e. The molecule has 0 bridgehead atoms. The van der Waals surface area contributed by atoms with Gasteiger partial charge in [-0.25, -0.2) is 4.79 Å². The van der Waals surface area contributed by atoms with Gasteiger partial charge in [0.05, 0.1) is 0 Å². The molecular weight excluding hydrogens is 242 g/mol. The Morgan fingerprint density at radius 1 is 1.18 bits per heavy atom.